The van der Waals surface area contributed by atoms with Crippen molar-refractivity contribution < 1.29 is 35.8 Å². The number of ether oxygens (including phenoxy) is 1. The van der Waals surface area contributed by atoms with Gasteiger partial charge in [-0.2, -0.15) is 13.1 Å². The van der Waals surface area contributed by atoms with Crippen molar-refractivity contribution in [2.24, 2.45) is 5.92 Å². The number of hydrogen-bond donors (Lipinski definition) is 2. The molecule has 2 N–H and O–H groups in total. The Labute approximate surface area is 156 Å². The van der Waals surface area contributed by atoms with Gasteiger partial charge < -0.3 is 13.8 Å². The lowest BCUT2D eigenvalue weighted by molar-refractivity contribution is -0.940. The van der Waals surface area contributed by atoms with Crippen molar-refractivity contribution in [3.05, 3.63) is 29.8 Å². The molecular formula is C17H23F2N2O5S+. The van der Waals surface area contributed by atoms with Gasteiger partial charge in [-0.3, -0.25) is 0 Å². The van der Waals surface area contributed by atoms with E-state index in [4.69, 9.17) is 4.74 Å². The van der Waals surface area contributed by atoms with E-state index in [2.05, 4.69) is 4.18 Å². The van der Waals surface area contributed by atoms with E-state index >= 15 is 0 Å². The molecule has 2 heterocycles. The minimum atomic E-state index is -4.64. The van der Waals surface area contributed by atoms with Crippen molar-refractivity contribution in [3.63, 3.8) is 0 Å². The van der Waals surface area contributed by atoms with E-state index in [0.717, 1.165) is 50.9 Å². The van der Waals surface area contributed by atoms with E-state index in [1.54, 1.807) is 4.72 Å². The maximum atomic E-state index is 13.5. The Balaban J connectivity index is 1.52. The number of nitrogens with one attached hydrogen (secondary N) is 2. The van der Waals surface area contributed by atoms with Crippen LogP contribution in [0.2, 0.25) is 0 Å². The number of halogens is 2. The lowest BCUT2D eigenvalue weighted by Crippen LogP contribution is -3.18. The third-order valence-corrected chi connectivity index (χ3v) is 5.98. The number of fused-ring (bicyclic) bond motifs is 1. The fraction of sp³-hybridized carbons (Fsp3) is 0.588. The number of carbonyl (C=O) groups is 1. The summed E-state index contributed by atoms with van der Waals surface area (Å²) < 4.78 is 61.1. The van der Waals surface area contributed by atoms with E-state index in [0.29, 0.717) is 12.1 Å². The Bertz CT molecular complexity index is 788. The largest absolute Gasteiger partial charge is 0.448 e. The average molecular weight is 405 g/mol. The first-order valence-corrected chi connectivity index (χ1v) is 10.4. The molecule has 7 nitrogen and oxygen atoms in total. The van der Waals surface area contributed by atoms with Gasteiger partial charge in [0.15, 0.2) is 11.6 Å². The zero-order valence-corrected chi connectivity index (χ0v) is 15.6. The minimum absolute atomic E-state index is 0.125. The smallest absolute Gasteiger partial charge is 0.423 e. The normalized spacial score (nSPS) is 25.3. The van der Waals surface area contributed by atoms with Gasteiger partial charge in [-0.25, -0.2) is 13.6 Å². The topological polar surface area (TPSA) is 86.1 Å². The summed E-state index contributed by atoms with van der Waals surface area (Å²) in [5.41, 5.74) is 0. The summed E-state index contributed by atoms with van der Waals surface area (Å²) in [5, 5.41) is 0. The third-order valence-electron chi connectivity index (χ3n) is 5.16. The number of rotatable bonds is 5. The SMILES string of the molecule is O=C(NS(=O)(=O)Oc1ccc(F)cc1F)OC[C@@H]1CCC[NH+]2CCCC[C@H]12. The summed E-state index contributed by atoms with van der Waals surface area (Å²) >= 11 is 0. The lowest BCUT2D eigenvalue weighted by atomic mass is 9.84. The first-order chi connectivity index (χ1) is 12.8. The fourth-order valence-electron chi connectivity index (χ4n) is 3.97. The van der Waals surface area contributed by atoms with E-state index < -0.39 is 33.8 Å². The zero-order valence-electron chi connectivity index (χ0n) is 14.7. The summed E-state index contributed by atoms with van der Waals surface area (Å²) in [5.74, 6) is -2.60. The second kappa shape index (κ2) is 8.39. The second-order valence-corrected chi connectivity index (χ2v) is 8.25. The molecule has 10 heteroatoms. The Morgan fingerprint density at radius 3 is 2.74 bits per heavy atom. The molecule has 2 fully saturated rings. The van der Waals surface area contributed by atoms with Crippen molar-refractivity contribution >= 4 is 16.4 Å². The van der Waals surface area contributed by atoms with Crippen molar-refractivity contribution in [1.82, 2.24) is 4.72 Å². The van der Waals surface area contributed by atoms with Crippen molar-refractivity contribution in [1.29, 1.82) is 0 Å². The summed E-state index contributed by atoms with van der Waals surface area (Å²) in [4.78, 5) is 13.4. The van der Waals surface area contributed by atoms with Crippen LogP contribution in [0.3, 0.4) is 0 Å². The second-order valence-electron chi connectivity index (χ2n) is 6.98. The van der Waals surface area contributed by atoms with E-state index in [1.807, 2.05) is 0 Å². The first-order valence-electron chi connectivity index (χ1n) is 9.03. The highest BCUT2D eigenvalue weighted by molar-refractivity contribution is 7.85. The number of quaternary nitrogens is 1. The highest BCUT2D eigenvalue weighted by Gasteiger charge is 2.37. The number of amides is 1. The van der Waals surface area contributed by atoms with Crippen LogP contribution in [-0.4, -0.2) is 40.2 Å². The van der Waals surface area contributed by atoms with E-state index in [9.17, 15) is 22.0 Å². The Morgan fingerprint density at radius 1 is 1.19 bits per heavy atom. The molecule has 0 aromatic heterocycles. The molecule has 0 radical (unpaired) electrons. The quantitative estimate of drug-likeness (QED) is 0.768. The Hall–Kier alpha value is -1.94. The van der Waals surface area contributed by atoms with Crippen molar-refractivity contribution in [2.45, 2.75) is 38.1 Å². The minimum Gasteiger partial charge on any atom is -0.448 e. The van der Waals surface area contributed by atoms with Gasteiger partial charge in [0.1, 0.15) is 12.4 Å². The van der Waals surface area contributed by atoms with Crippen LogP contribution in [0, 0.1) is 17.6 Å². The van der Waals surface area contributed by atoms with Crippen LogP contribution in [0.15, 0.2) is 18.2 Å². The van der Waals surface area contributed by atoms with Gasteiger partial charge in [0.2, 0.25) is 0 Å². The molecule has 27 heavy (non-hydrogen) atoms. The highest BCUT2D eigenvalue weighted by Crippen LogP contribution is 2.21. The molecule has 1 aromatic rings. The monoisotopic (exact) mass is 405 g/mol. The van der Waals surface area contributed by atoms with Gasteiger partial charge >= 0.3 is 16.4 Å². The van der Waals surface area contributed by atoms with Crippen LogP contribution in [-0.2, 0) is 15.0 Å². The zero-order chi connectivity index (χ0) is 19.4. The Morgan fingerprint density at radius 2 is 1.96 bits per heavy atom. The van der Waals surface area contributed by atoms with E-state index in [1.165, 1.54) is 11.3 Å². The lowest BCUT2D eigenvalue weighted by Gasteiger charge is -2.40. The predicted molar refractivity (Wildman–Crippen MR) is 91.4 cm³/mol. The standard InChI is InChI=1S/C17H22F2N2O5S/c18-13-6-7-16(14(19)10-13)26-27(23,24)20-17(22)25-11-12-4-3-9-21-8-2-1-5-15(12)21/h6-7,10,12,15H,1-5,8-9,11H2,(H,20,22)/p+1/t12-,15+/m0/s1. The van der Waals surface area contributed by atoms with Gasteiger partial charge in [0.05, 0.1) is 19.1 Å². The molecule has 2 aliphatic heterocycles. The summed E-state index contributed by atoms with van der Waals surface area (Å²) in [7, 11) is -4.64. The maximum Gasteiger partial charge on any atom is 0.423 e. The molecule has 1 unspecified atom stereocenters. The molecule has 2 saturated heterocycles. The van der Waals surface area contributed by atoms with Gasteiger partial charge in [-0.05, 0) is 44.2 Å². The van der Waals surface area contributed by atoms with Gasteiger partial charge in [0.25, 0.3) is 0 Å². The third kappa shape index (κ3) is 5.29. The first kappa shape index (κ1) is 19.8. The van der Waals surface area contributed by atoms with E-state index in [-0.39, 0.29) is 12.5 Å². The predicted octanol–water partition coefficient (Wildman–Crippen LogP) is 1.16. The summed E-state index contributed by atoms with van der Waals surface area (Å²) in [6.07, 6.45) is 4.24. The van der Waals surface area contributed by atoms with Crippen LogP contribution in [0.4, 0.5) is 13.6 Å². The van der Waals surface area contributed by atoms with Crippen LogP contribution < -0.4 is 13.8 Å². The van der Waals surface area contributed by atoms with Crippen LogP contribution in [0.5, 0.6) is 5.75 Å². The molecule has 0 saturated carbocycles. The summed E-state index contributed by atoms with van der Waals surface area (Å²) in [6, 6.07) is 2.57. The molecule has 0 spiro atoms. The molecule has 2 aliphatic rings. The van der Waals surface area contributed by atoms with Crippen molar-refractivity contribution in [3.8, 4) is 5.75 Å². The molecule has 150 valence electrons. The molecule has 3 rings (SSSR count). The van der Waals surface area contributed by atoms with Crippen LogP contribution in [0.25, 0.3) is 0 Å². The molecular weight excluding hydrogens is 382 g/mol. The molecule has 0 aliphatic carbocycles. The van der Waals surface area contributed by atoms with Crippen LogP contribution >= 0.6 is 0 Å². The average Bonchev–Trinajstić information content (AvgIpc) is 2.62. The number of piperidine rings is 2. The van der Waals surface area contributed by atoms with Gasteiger partial charge in [-0.1, -0.05) is 0 Å². The Kier molecular flexibility index (Phi) is 6.15. The molecule has 1 amide bonds. The number of hydrogen-bond acceptors (Lipinski definition) is 5. The van der Waals surface area contributed by atoms with Crippen molar-refractivity contribution in [2.75, 3.05) is 19.7 Å². The number of carbonyl (C=O) groups excluding carboxylic acids is 1. The van der Waals surface area contributed by atoms with Gasteiger partial charge in [-0.15, -0.1) is 0 Å². The van der Waals surface area contributed by atoms with Crippen LogP contribution in [0.1, 0.15) is 32.1 Å². The highest BCUT2D eigenvalue weighted by atomic mass is 32.2. The molecule has 3 atom stereocenters. The molecule has 1 aromatic carbocycles. The van der Waals surface area contributed by atoms with Gasteiger partial charge in [0, 0.05) is 12.0 Å². The fourth-order valence-corrected chi connectivity index (χ4v) is 4.65. The summed E-state index contributed by atoms with van der Waals surface area (Å²) in [6.45, 7) is 2.37. The number of benzene rings is 1. The maximum absolute atomic E-state index is 13.5. The molecule has 0 bridgehead atoms.